The fourth-order valence-electron chi connectivity index (χ4n) is 3.51. The van der Waals surface area contributed by atoms with Gasteiger partial charge in [-0.25, -0.2) is 0 Å². The molecule has 0 fully saturated rings. The molecule has 0 radical (unpaired) electrons. The summed E-state index contributed by atoms with van der Waals surface area (Å²) in [7, 11) is 0. The summed E-state index contributed by atoms with van der Waals surface area (Å²) in [5, 5.41) is 11.9. The molecule has 0 saturated carbocycles. The Morgan fingerprint density at radius 3 is 2.48 bits per heavy atom. The average Bonchev–Trinajstić information content (AvgIpc) is 3.17. The Labute approximate surface area is 207 Å². The number of fused-ring (bicyclic) bond motifs is 1. The van der Waals surface area contributed by atoms with Crippen molar-refractivity contribution < 1.29 is 18.3 Å². The van der Waals surface area contributed by atoms with Gasteiger partial charge in [-0.2, -0.15) is 13.2 Å². The Balaban J connectivity index is 1.86. The highest BCUT2D eigenvalue weighted by atomic mass is 35.5. The predicted octanol–water partition coefficient (Wildman–Crippen LogP) is 7.56. The van der Waals surface area contributed by atoms with E-state index in [1.54, 1.807) is 18.2 Å². The Morgan fingerprint density at radius 2 is 1.82 bits per heavy atom. The molecule has 0 aliphatic heterocycles. The molecule has 2 heterocycles. The first-order chi connectivity index (χ1) is 15.5. The van der Waals surface area contributed by atoms with Gasteiger partial charge in [-0.05, 0) is 59.8 Å². The maximum atomic E-state index is 13.4. The summed E-state index contributed by atoms with van der Waals surface area (Å²) in [6, 6.07) is 14.8. The van der Waals surface area contributed by atoms with Crippen molar-refractivity contribution in [2.75, 3.05) is 0 Å². The van der Waals surface area contributed by atoms with Gasteiger partial charge >= 0.3 is 6.18 Å². The lowest BCUT2D eigenvalue weighted by Gasteiger charge is -2.26. The molecule has 0 saturated heterocycles. The van der Waals surface area contributed by atoms with Gasteiger partial charge in [0.1, 0.15) is 0 Å². The maximum Gasteiger partial charge on any atom is 0.421 e. The van der Waals surface area contributed by atoms with E-state index >= 15 is 0 Å². The highest BCUT2D eigenvalue weighted by Gasteiger charge is 2.51. The van der Waals surface area contributed by atoms with Crippen LogP contribution in [0.4, 0.5) is 13.2 Å². The number of rotatable bonds is 5. The number of alkyl halides is 3. The van der Waals surface area contributed by atoms with Crippen LogP contribution in [0.1, 0.15) is 29.0 Å². The first-order valence-electron chi connectivity index (χ1n) is 9.66. The molecule has 4 rings (SSSR count). The largest absolute Gasteiger partial charge is 0.421 e. The predicted molar refractivity (Wildman–Crippen MR) is 131 cm³/mol. The highest BCUT2D eigenvalue weighted by molar-refractivity contribution is 7.78. The number of halogens is 5. The lowest BCUT2D eigenvalue weighted by atomic mass is 9.94. The van der Waals surface area contributed by atoms with Crippen molar-refractivity contribution in [3.63, 3.8) is 0 Å². The number of thiophene rings is 1. The van der Waals surface area contributed by atoms with Gasteiger partial charge in [0.25, 0.3) is 0 Å². The molecule has 3 nitrogen and oxygen atoms in total. The number of aromatic nitrogens is 1. The van der Waals surface area contributed by atoms with E-state index in [4.69, 9.17) is 23.2 Å². The fourth-order valence-corrected chi connectivity index (χ4v) is 5.58. The molecule has 33 heavy (non-hydrogen) atoms. The fraction of sp³-hybridized carbons (Fsp3) is 0.174. The standard InChI is InChI=1S/C23H17Cl2F3N2OS2/c1-22(31,23(26,27)28)13-6-7-29-18(10-13)16-11-14(24)8-12-9-19(33-21(12)16)20(30-32)15-4-2-3-5-17(15)25/h2-11,20,30-32H,1H3. The molecule has 2 unspecified atom stereocenters. The van der Waals surface area contributed by atoms with Crippen LogP contribution in [0.5, 0.6) is 0 Å². The van der Waals surface area contributed by atoms with E-state index in [9.17, 15) is 18.3 Å². The Bertz CT molecular complexity index is 1320. The third-order valence-electron chi connectivity index (χ3n) is 5.38. The summed E-state index contributed by atoms with van der Waals surface area (Å²) in [5.41, 5.74) is -1.67. The van der Waals surface area contributed by atoms with Crippen LogP contribution in [0, 0.1) is 0 Å². The lowest BCUT2D eigenvalue weighted by molar-refractivity contribution is -0.258. The zero-order chi connectivity index (χ0) is 24.0. The van der Waals surface area contributed by atoms with Gasteiger partial charge in [-0.1, -0.05) is 54.2 Å². The quantitative estimate of drug-likeness (QED) is 0.234. The Hall–Kier alpha value is -1.81. The number of thiol groups is 1. The van der Waals surface area contributed by atoms with E-state index in [0.717, 1.165) is 33.5 Å². The molecule has 0 aliphatic rings. The number of nitrogens with zero attached hydrogens (tertiary/aromatic N) is 1. The van der Waals surface area contributed by atoms with Crippen molar-refractivity contribution >= 4 is 57.4 Å². The molecule has 0 spiro atoms. The second-order valence-electron chi connectivity index (χ2n) is 7.60. The van der Waals surface area contributed by atoms with Gasteiger partial charge in [0.2, 0.25) is 0 Å². The average molecular weight is 529 g/mol. The van der Waals surface area contributed by atoms with Crippen molar-refractivity contribution in [1.29, 1.82) is 0 Å². The van der Waals surface area contributed by atoms with E-state index in [0.29, 0.717) is 15.6 Å². The second-order valence-corrected chi connectivity index (χ2v) is 9.79. The molecular formula is C23H17Cl2F3N2OS2. The summed E-state index contributed by atoms with van der Waals surface area (Å²) >= 11 is 18.4. The minimum atomic E-state index is -4.84. The van der Waals surface area contributed by atoms with E-state index in [1.165, 1.54) is 23.6 Å². The van der Waals surface area contributed by atoms with Crippen molar-refractivity contribution in [2.24, 2.45) is 0 Å². The van der Waals surface area contributed by atoms with Gasteiger partial charge < -0.3 is 5.11 Å². The van der Waals surface area contributed by atoms with Crippen LogP contribution in [0.2, 0.25) is 10.0 Å². The normalized spacial score (nSPS) is 14.9. The number of nitrogens with one attached hydrogen (secondary N) is 1. The third-order valence-corrected chi connectivity index (χ3v) is 7.45. The molecular weight excluding hydrogens is 512 g/mol. The third kappa shape index (κ3) is 4.60. The van der Waals surface area contributed by atoms with Crippen molar-refractivity contribution in [1.82, 2.24) is 9.71 Å². The summed E-state index contributed by atoms with van der Waals surface area (Å²) in [4.78, 5) is 5.15. The van der Waals surface area contributed by atoms with Crippen molar-refractivity contribution in [3.05, 3.63) is 86.8 Å². The molecule has 10 heteroatoms. The van der Waals surface area contributed by atoms with E-state index in [1.807, 2.05) is 24.3 Å². The molecule has 172 valence electrons. The van der Waals surface area contributed by atoms with Gasteiger partial charge in [-0.3, -0.25) is 9.71 Å². The zero-order valence-corrected chi connectivity index (χ0v) is 20.2. The molecule has 2 N–H and O–H groups in total. The number of hydrogen-bond donors (Lipinski definition) is 3. The number of hydrogen-bond acceptors (Lipinski definition) is 5. The molecule has 2 aromatic carbocycles. The minimum Gasteiger partial charge on any atom is -0.376 e. The summed E-state index contributed by atoms with van der Waals surface area (Å²) < 4.78 is 43.9. The topological polar surface area (TPSA) is 45.2 Å². The van der Waals surface area contributed by atoms with Gasteiger partial charge in [0, 0.05) is 31.4 Å². The first-order valence-corrected chi connectivity index (χ1v) is 11.7. The monoisotopic (exact) mass is 528 g/mol. The summed E-state index contributed by atoms with van der Waals surface area (Å²) in [6.07, 6.45) is -3.60. The van der Waals surface area contributed by atoms with Crippen LogP contribution < -0.4 is 4.72 Å². The van der Waals surface area contributed by atoms with E-state index < -0.39 is 11.8 Å². The van der Waals surface area contributed by atoms with Crippen molar-refractivity contribution in [3.8, 4) is 11.3 Å². The molecule has 0 bridgehead atoms. The van der Waals surface area contributed by atoms with Gasteiger partial charge in [-0.15, -0.1) is 11.3 Å². The van der Waals surface area contributed by atoms with Crippen molar-refractivity contribution in [2.45, 2.75) is 24.7 Å². The molecule has 2 aromatic heterocycles. The number of benzene rings is 2. The number of pyridine rings is 1. The highest BCUT2D eigenvalue weighted by Crippen LogP contribution is 2.43. The smallest absolute Gasteiger partial charge is 0.376 e. The minimum absolute atomic E-state index is 0.269. The van der Waals surface area contributed by atoms with Crippen LogP contribution in [-0.4, -0.2) is 16.3 Å². The molecule has 2 atom stereocenters. The van der Waals surface area contributed by atoms with Crippen LogP contribution in [-0.2, 0) is 5.60 Å². The number of aliphatic hydroxyl groups is 1. The van der Waals surface area contributed by atoms with Gasteiger partial charge in [0.15, 0.2) is 5.60 Å². The van der Waals surface area contributed by atoms with Crippen LogP contribution in [0.25, 0.3) is 21.3 Å². The second kappa shape index (κ2) is 9.09. The van der Waals surface area contributed by atoms with E-state index in [2.05, 4.69) is 22.5 Å². The first kappa shape index (κ1) is 24.3. The maximum absolute atomic E-state index is 13.4. The Kier molecular flexibility index (Phi) is 6.70. The van der Waals surface area contributed by atoms with Crippen LogP contribution >= 0.6 is 47.4 Å². The zero-order valence-electron chi connectivity index (χ0n) is 17.0. The van der Waals surface area contributed by atoms with Gasteiger partial charge in [0.05, 0.1) is 11.7 Å². The van der Waals surface area contributed by atoms with E-state index in [-0.39, 0.29) is 17.3 Å². The summed E-state index contributed by atoms with van der Waals surface area (Å²) in [6.45, 7) is 0.718. The Morgan fingerprint density at radius 1 is 1.09 bits per heavy atom. The molecule has 4 aromatic rings. The summed E-state index contributed by atoms with van der Waals surface area (Å²) in [5.74, 6) is 0. The van der Waals surface area contributed by atoms with Crippen LogP contribution in [0.15, 0.2) is 60.8 Å². The molecule has 0 aliphatic carbocycles. The molecule has 0 amide bonds. The van der Waals surface area contributed by atoms with Crippen LogP contribution in [0.3, 0.4) is 0 Å². The lowest BCUT2D eigenvalue weighted by Crippen LogP contribution is -2.39. The SMILES string of the molecule is CC(O)(c1ccnc(-c2cc(Cl)cc3cc(C(NS)c4ccccc4Cl)sc23)c1)C(F)(F)F.